The van der Waals surface area contributed by atoms with Crippen LogP contribution in [-0.2, 0) is 28.5 Å². The third kappa shape index (κ3) is 13.6. The minimum atomic E-state index is -0.651. The van der Waals surface area contributed by atoms with Crippen molar-refractivity contribution >= 4 is 5.97 Å². The molecule has 0 aromatic carbocycles. The van der Waals surface area contributed by atoms with Crippen LogP contribution in [0.2, 0.25) is 0 Å². The normalized spacial score (nSPS) is 23.0. The van der Waals surface area contributed by atoms with Crippen molar-refractivity contribution in [3.8, 4) is 0 Å². The van der Waals surface area contributed by atoms with Crippen LogP contribution in [0.5, 0.6) is 0 Å². The number of carbonyl (C=O) groups is 1. The zero-order valence-electron chi connectivity index (χ0n) is 20.3. The van der Waals surface area contributed by atoms with Crippen molar-refractivity contribution in [1.82, 2.24) is 0 Å². The SMILES string of the molecule is CCCCCCCCCCCC(=O)OCC1OCC(OCCO)C(OCCO)C1OCCO. The molecule has 1 aliphatic rings. The van der Waals surface area contributed by atoms with Crippen LogP contribution in [0.3, 0.4) is 0 Å². The van der Waals surface area contributed by atoms with Gasteiger partial charge in [-0.3, -0.25) is 4.79 Å². The smallest absolute Gasteiger partial charge is 0.305 e. The van der Waals surface area contributed by atoms with E-state index < -0.39 is 24.4 Å². The maximum Gasteiger partial charge on any atom is 0.305 e. The van der Waals surface area contributed by atoms with Crippen LogP contribution < -0.4 is 0 Å². The Morgan fingerprint density at radius 3 is 1.94 bits per heavy atom. The number of esters is 1. The van der Waals surface area contributed by atoms with E-state index in [4.69, 9.17) is 33.9 Å². The fourth-order valence-electron chi connectivity index (χ4n) is 3.93. The van der Waals surface area contributed by atoms with Gasteiger partial charge in [0.25, 0.3) is 0 Å². The monoisotopic (exact) mass is 478 g/mol. The molecule has 0 amide bonds. The Labute approximate surface area is 198 Å². The number of aliphatic hydroxyl groups excluding tert-OH is 3. The average Bonchev–Trinajstić information content (AvgIpc) is 2.83. The van der Waals surface area contributed by atoms with Crippen molar-refractivity contribution < 1.29 is 43.8 Å². The molecule has 9 nitrogen and oxygen atoms in total. The van der Waals surface area contributed by atoms with E-state index in [1.807, 2.05) is 0 Å². The molecule has 1 saturated heterocycles. The van der Waals surface area contributed by atoms with E-state index in [2.05, 4.69) is 6.92 Å². The minimum absolute atomic E-state index is 0.0120. The fourth-order valence-corrected chi connectivity index (χ4v) is 3.93. The Morgan fingerprint density at radius 2 is 1.33 bits per heavy atom. The largest absolute Gasteiger partial charge is 0.463 e. The van der Waals surface area contributed by atoms with Crippen LogP contribution in [0.1, 0.15) is 71.1 Å². The summed E-state index contributed by atoms with van der Waals surface area (Å²) in [4.78, 5) is 12.2. The summed E-state index contributed by atoms with van der Waals surface area (Å²) >= 11 is 0. The molecule has 9 heteroatoms. The second-order valence-electron chi connectivity index (χ2n) is 8.38. The molecule has 0 aliphatic carbocycles. The number of rotatable bonds is 21. The Morgan fingerprint density at radius 1 is 0.788 bits per heavy atom. The first kappa shape index (κ1) is 30.2. The van der Waals surface area contributed by atoms with Gasteiger partial charge in [0.05, 0.1) is 46.2 Å². The molecular weight excluding hydrogens is 432 g/mol. The van der Waals surface area contributed by atoms with E-state index in [-0.39, 0.29) is 58.8 Å². The van der Waals surface area contributed by atoms with Crippen LogP contribution >= 0.6 is 0 Å². The van der Waals surface area contributed by atoms with Gasteiger partial charge < -0.3 is 39.0 Å². The molecule has 3 N–H and O–H groups in total. The van der Waals surface area contributed by atoms with Gasteiger partial charge in [-0.2, -0.15) is 0 Å². The number of unbranched alkanes of at least 4 members (excludes halogenated alkanes) is 8. The van der Waals surface area contributed by atoms with Crippen LogP contribution in [-0.4, -0.2) is 98.6 Å². The summed E-state index contributed by atoms with van der Waals surface area (Å²) in [7, 11) is 0. The van der Waals surface area contributed by atoms with Crippen molar-refractivity contribution in [2.24, 2.45) is 0 Å². The summed E-state index contributed by atoms with van der Waals surface area (Å²) in [6.45, 7) is 2.15. The molecular formula is C24H46O9. The maximum atomic E-state index is 12.2. The summed E-state index contributed by atoms with van der Waals surface area (Å²) in [5.74, 6) is -0.270. The van der Waals surface area contributed by atoms with Crippen molar-refractivity contribution in [1.29, 1.82) is 0 Å². The lowest BCUT2D eigenvalue weighted by Gasteiger charge is -2.41. The summed E-state index contributed by atoms with van der Waals surface area (Å²) < 4.78 is 28.4. The van der Waals surface area contributed by atoms with E-state index in [1.54, 1.807) is 0 Å². The van der Waals surface area contributed by atoms with E-state index in [0.717, 1.165) is 19.3 Å². The molecule has 0 aromatic rings. The number of hydrogen-bond donors (Lipinski definition) is 3. The number of aliphatic hydroxyl groups is 3. The van der Waals surface area contributed by atoms with Gasteiger partial charge >= 0.3 is 5.97 Å². The van der Waals surface area contributed by atoms with Gasteiger partial charge in [-0.15, -0.1) is 0 Å². The molecule has 1 fully saturated rings. The van der Waals surface area contributed by atoms with Crippen molar-refractivity contribution in [3.63, 3.8) is 0 Å². The molecule has 1 rings (SSSR count). The zero-order chi connectivity index (χ0) is 24.2. The first-order chi connectivity index (χ1) is 16.2. The number of hydrogen-bond acceptors (Lipinski definition) is 9. The molecule has 1 aliphatic heterocycles. The maximum absolute atomic E-state index is 12.2. The quantitative estimate of drug-likeness (QED) is 0.168. The third-order valence-corrected chi connectivity index (χ3v) is 5.65. The molecule has 0 saturated carbocycles. The average molecular weight is 479 g/mol. The Balaban J connectivity index is 2.41. The van der Waals surface area contributed by atoms with Gasteiger partial charge in [0.15, 0.2) is 0 Å². The van der Waals surface area contributed by atoms with Crippen LogP contribution in [0.4, 0.5) is 0 Å². The third-order valence-electron chi connectivity index (χ3n) is 5.65. The van der Waals surface area contributed by atoms with E-state index in [9.17, 15) is 9.90 Å². The van der Waals surface area contributed by atoms with Crippen LogP contribution in [0, 0.1) is 0 Å². The van der Waals surface area contributed by atoms with Crippen LogP contribution in [0.15, 0.2) is 0 Å². The highest BCUT2D eigenvalue weighted by Gasteiger charge is 2.43. The molecule has 0 bridgehead atoms. The summed E-state index contributed by atoms with van der Waals surface area (Å²) in [5.41, 5.74) is 0. The molecule has 1 heterocycles. The van der Waals surface area contributed by atoms with Crippen molar-refractivity contribution in [2.45, 2.75) is 95.5 Å². The zero-order valence-corrected chi connectivity index (χ0v) is 20.3. The van der Waals surface area contributed by atoms with Gasteiger partial charge in [-0.05, 0) is 6.42 Å². The van der Waals surface area contributed by atoms with E-state index in [1.165, 1.54) is 38.5 Å². The molecule has 4 atom stereocenters. The van der Waals surface area contributed by atoms with Gasteiger partial charge in [0.2, 0.25) is 0 Å². The highest BCUT2D eigenvalue weighted by molar-refractivity contribution is 5.69. The van der Waals surface area contributed by atoms with Crippen molar-refractivity contribution in [3.05, 3.63) is 0 Å². The first-order valence-corrected chi connectivity index (χ1v) is 12.6. The Hall–Kier alpha value is -0.810. The predicted octanol–water partition coefficient (Wildman–Crippen LogP) is 1.98. The molecule has 0 aromatic heterocycles. The highest BCUT2D eigenvalue weighted by Crippen LogP contribution is 2.24. The Kier molecular flexibility index (Phi) is 18.8. The lowest BCUT2D eigenvalue weighted by Crippen LogP contribution is -2.58. The molecule has 4 unspecified atom stereocenters. The lowest BCUT2D eigenvalue weighted by atomic mass is 9.99. The van der Waals surface area contributed by atoms with Gasteiger partial charge in [-0.1, -0.05) is 58.3 Å². The second kappa shape index (κ2) is 20.6. The topological polar surface area (TPSA) is 124 Å². The Bertz CT molecular complexity index is 463. The van der Waals surface area contributed by atoms with Crippen LogP contribution in [0.25, 0.3) is 0 Å². The summed E-state index contributed by atoms with van der Waals surface area (Å²) in [5, 5.41) is 27.4. The standard InChI is InChI=1S/C24H46O9/c1-2-3-4-5-6-7-8-9-10-11-22(28)33-19-21-24(31-17-14-27)23(30-16-13-26)20(18-32-21)29-15-12-25/h20-21,23-27H,2-19H2,1H3. The first-order valence-electron chi connectivity index (χ1n) is 12.6. The van der Waals surface area contributed by atoms with E-state index >= 15 is 0 Å². The highest BCUT2D eigenvalue weighted by atomic mass is 16.6. The summed E-state index contributed by atoms with van der Waals surface area (Å²) in [6, 6.07) is 0. The molecule has 33 heavy (non-hydrogen) atoms. The van der Waals surface area contributed by atoms with Gasteiger partial charge in [0, 0.05) is 6.42 Å². The molecule has 0 spiro atoms. The van der Waals surface area contributed by atoms with Gasteiger partial charge in [-0.25, -0.2) is 0 Å². The predicted molar refractivity (Wildman–Crippen MR) is 123 cm³/mol. The second-order valence-corrected chi connectivity index (χ2v) is 8.38. The van der Waals surface area contributed by atoms with Crippen molar-refractivity contribution in [2.75, 3.05) is 52.9 Å². The van der Waals surface area contributed by atoms with E-state index in [0.29, 0.717) is 6.42 Å². The molecule has 0 radical (unpaired) electrons. The molecule has 196 valence electrons. The van der Waals surface area contributed by atoms with Gasteiger partial charge in [0.1, 0.15) is 31.0 Å². The number of carbonyl (C=O) groups excluding carboxylic acids is 1. The fraction of sp³-hybridized carbons (Fsp3) is 0.958. The number of ether oxygens (including phenoxy) is 5. The lowest BCUT2D eigenvalue weighted by molar-refractivity contribution is -0.241. The summed E-state index contributed by atoms with van der Waals surface area (Å²) in [6.07, 6.45) is 8.67. The minimum Gasteiger partial charge on any atom is -0.463 e.